The summed E-state index contributed by atoms with van der Waals surface area (Å²) in [7, 11) is -3.28. The molecule has 1 atom stereocenters. The lowest BCUT2D eigenvalue weighted by Crippen LogP contribution is -2.50. The van der Waals surface area contributed by atoms with E-state index in [1.165, 1.54) is 0 Å². The van der Waals surface area contributed by atoms with Crippen molar-refractivity contribution >= 4 is 21.8 Å². The SMILES string of the molecule is CS(=O)(=O)CCC(NC(=O)NC1CCC(O)CC1)C(=O)O. The van der Waals surface area contributed by atoms with Crippen molar-refractivity contribution in [3.05, 3.63) is 0 Å². The minimum atomic E-state index is -3.28. The highest BCUT2D eigenvalue weighted by Crippen LogP contribution is 2.18. The number of urea groups is 1. The van der Waals surface area contributed by atoms with Gasteiger partial charge < -0.3 is 20.8 Å². The first-order valence-corrected chi connectivity index (χ1v) is 8.89. The molecule has 0 heterocycles. The molecule has 122 valence electrons. The molecule has 0 aromatic heterocycles. The zero-order valence-corrected chi connectivity index (χ0v) is 12.7. The predicted molar refractivity (Wildman–Crippen MR) is 75.7 cm³/mol. The number of aliphatic carboxylic acids is 1. The number of amides is 2. The maximum absolute atomic E-state index is 11.7. The van der Waals surface area contributed by atoms with E-state index < -0.39 is 27.9 Å². The molecular formula is C12H22N2O6S. The fraction of sp³-hybridized carbons (Fsp3) is 0.833. The van der Waals surface area contributed by atoms with Crippen molar-refractivity contribution in [3.8, 4) is 0 Å². The first kappa shape index (κ1) is 17.7. The van der Waals surface area contributed by atoms with Gasteiger partial charge in [0.05, 0.1) is 11.9 Å². The highest BCUT2D eigenvalue weighted by Gasteiger charge is 2.24. The van der Waals surface area contributed by atoms with Gasteiger partial charge in [-0.15, -0.1) is 0 Å². The molecule has 1 unspecified atom stereocenters. The van der Waals surface area contributed by atoms with E-state index in [2.05, 4.69) is 10.6 Å². The molecule has 0 aliphatic heterocycles. The van der Waals surface area contributed by atoms with Crippen LogP contribution in [0.2, 0.25) is 0 Å². The molecule has 0 saturated heterocycles. The number of hydrogen-bond acceptors (Lipinski definition) is 5. The Morgan fingerprint density at radius 3 is 2.29 bits per heavy atom. The van der Waals surface area contributed by atoms with Gasteiger partial charge in [0.25, 0.3) is 0 Å². The van der Waals surface area contributed by atoms with Gasteiger partial charge in [0.15, 0.2) is 0 Å². The topological polar surface area (TPSA) is 133 Å². The number of aliphatic hydroxyl groups is 1. The maximum atomic E-state index is 11.7. The summed E-state index contributed by atoms with van der Waals surface area (Å²) in [4.78, 5) is 22.8. The van der Waals surface area contributed by atoms with Crippen molar-refractivity contribution in [3.63, 3.8) is 0 Å². The average Bonchev–Trinajstić information content (AvgIpc) is 2.36. The summed E-state index contributed by atoms with van der Waals surface area (Å²) in [5.74, 6) is -1.58. The second kappa shape index (κ2) is 7.60. The minimum Gasteiger partial charge on any atom is -0.480 e. The second-order valence-corrected chi connectivity index (χ2v) is 7.69. The highest BCUT2D eigenvalue weighted by molar-refractivity contribution is 7.90. The number of aliphatic hydroxyl groups excluding tert-OH is 1. The van der Waals surface area contributed by atoms with Gasteiger partial charge in [-0.1, -0.05) is 0 Å². The molecular weight excluding hydrogens is 300 g/mol. The molecule has 1 saturated carbocycles. The molecule has 0 spiro atoms. The van der Waals surface area contributed by atoms with Gasteiger partial charge in [0, 0.05) is 12.3 Å². The summed E-state index contributed by atoms with van der Waals surface area (Å²) in [6.07, 6.45) is 2.96. The van der Waals surface area contributed by atoms with Crippen LogP contribution in [0.15, 0.2) is 0 Å². The molecule has 0 aromatic rings. The number of sulfone groups is 1. The van der Waals surface area contributed by atoms with Gasteiger partial charge in [-0.3, -0.25) is 0 Å². The molecule has 8 nitrogen and oxygen atoms in total. The van der Waals surface area contributed by atoms with Crippen LogP contribution in [0.5, 0.6) is 0 Å². The van der Waals surface area contributed by atoms with E-state index in [0.29, 0.717) is 25.7 Å². The molecule has 1 aliphatic carbocycles. The smallest absolute Gasteiger partial charge is 0.326 e. The fourth-order valence-electron chi connectivity index (χ4n) is 2.19. The zero-order valence-electron chi connectivity index (χ0n) is 11.9. The summed E-state index contributed by atoms with van der Waals surface area (Å²) in [5, 5.41) is 23.3. The first-order valence-electron chi connectivity index (χ1n) is 6.83. The number of nitrogens with one attached hydrogen (secondary N) is 2. The Kier molecular flexibility index (Phi) is 6.41. The molecule has 0 bridgehead atoms. The molecule has 0 aromatic carbocycles. The molecule has 9 heteroatoms. The van der Waals surface area contributed by atoms with Crippen LogP contribution >= 0.6 is 0 Å². The Morgan fingerprint density at radius 1 is 1.24 bits per heavy atom. The fourth-order valence-corrected chi connectivity index (χ4v) is 2.86. The Labute approximate surface area is 123 Å². The number of rotatable bonds is 6. The number of carbonyl (C=O) groups is 2. The Hall–Kier alpha value is -1.35. The van der Waals surface area contributed by atoms with Crippen molar-refractivity contribution in [1.82, 2.24) is 10.6 Å². The lowest BCUT2D eigenvalue weighted by molar-refractivity contribution is -0.139. The minimum absolute atomic E-state index is 0.0993. The highest BCUT2D eigenvalue weighted by atomic mass is 32.2. The van der Waals surface area contributed by atoms with Gasteiger partial charge in [0.2, 0.25) is 0 Å². The standard InChI is InChI=1S/C12H22N2O6S/c1-21(19,20)7-6-10(11(16)17)14-12(18)13-8-2-4-9(15)5-3-8/h8-10,15H,2-7H2,1H3,(H,16,17)(H2,13,14,18). The normalized spacial score (nSPS) is 24.1. The van der Waals surface area contributed by atoms with Gasteiger partial charge in [-0.05, 0) is 32.1 Å². The van der Waals surface area contributed by atoms with Crippen LogP contribution in [0.4, 0.5) is 4.79 Å². The second-order valence-electron chi connectivity index (χ2n) is 5.43. The molecule has 1 aliphatic rings. The molecule has 21 heavy (non-hydrogen) atoms. The summed E-state index contributed by atoms with van der Waals surface area (Å²) in [6, 6.07) is -1.97. The third-order valence-electron chi connectivity index (χ3n) is 3.41. The number of carboxylic acids is 1. The lowest BCUT2D eigenvalue weighted by Gasteiger charge is -2.26. The van der Waals surface area contributed by atoms with Crippen molar-refractivity contribution < 1.29 is 28.2 Å². The van der Waals surface area contributed by atoms with Crippen molar-refractivity contribution in [1.29, 1.82) is 0 Å². The van der Waals surface area contributed by atoms with Crippen molar-refractivity contribution in [2.24, 2.45) is 0 Å². The lowest BCUT2D eigenvalue weighted by atomic mass is 9.93. The molecule has 1 fully saturated rings. The van der Waals surface area contributed by atoms with Crippen LogP contribution in [0.1, 0.15) is 32.1 Å². The maximum Gasteiger partial charge on any atom is 0.326 e. The molecule has 4 N–H and O–H groups in total. The van der Waals surface area contributed by atoms with Crippen LogP contribution in [-0.4, -0.2) is 60.8 Å². The van der Waals surface area contributed by atoms with Crippen LogP contribution < -0.4 is 10.6 Å². The van der Waals surface area contributed by atoms with E-state index in [1.54, 1.807) is 0 Å². The quantitative estimate of drug-likeness (QED) is 0.520. The molecule has 2 amide bonds. The van der Waals surface area contributed by atoms with E-state index in [0.717, 1.165) is 6.26 Å². The third kappa shape index (κ3) is 7.28. The zero-order chi connectivity index (χ0) is 16.0. The number of carbonyl (C=O) groups excluding carboxylic acids is 1. The van der Waals surface area contributed by atoms with Crippen LogP contribution in [0.3, 0.4) is 0 Å². The van der Waals surface area contributed by atoms with Crippen LogP contribution in [-0.2, 0) is 14.6 Å². The molecule has 0 radical (unpaired) electrons. The van der Waals surface area contributed by atoms with Crippen molar-refractivity contribution in [2.45, 2.75) is 50.3 Å². The third-order valence-corrected chi connectivity index (χ3v) is 4.39. The van der Waals surface area contributed by atoms with E-state index in [9.17, 15) is 23.1 Å². The van der Waals surface area contributed by atoms with Crippen LogP contribution in [0.25, 0.3) is 0 Å². The van der Waals surface area contributed by atoms with Gasteiger partial charge in [-0.2, -0.15) is 0 Å². The van der Waals surface area contributed by atoms with E-state index in [4.69, 9.17) is 5.11 Å². The summed E-state index contributed by atoms with van der Waals surface area (Å²) in [5.41, 5.74) is 0. The first-order chi connectivity index (χ1) is 9.67. The largest absolute Gasteiger partial charge is 0.480 e. The van der Waals surface area contributed by atoms with E-state index >= 15 is 0 Å². The van der Waals surface area contributed by atoms with Gasteiger partial charge in [-0.25, -0.2) is 18.0 Å². The number of carboxylic acid groups (broad SMARTS) is 1. The Balaban J connectivity index is 2.43. The van der Waals surface area contributed by atoms with Crippen LogP contribution in [0, 0.1) is 0 Å². The Bertz CT molecular complexity index is 470. The summed E-state index contributed by atoms with van der Waals surface area (Å²) in [6.45, 7) is 0. The van der Waals surface area contributed by atoms with Crippen molar-refractivity contribution in [2.75, 3.05) is 12.0 Å². The molecule has 1 rings (SSSR count). The van der Waals surface area contributed by atoms with E-state index in [-0.39, 0.29) is 24.3 Å². The summed E-state index contributed by atoms with van der Waals surface area (Å²) < 4.78 is 22.1. The average molecular weight is 322 g/mol. The van der Waals surface area contributed by atoms with E-state index in [1.807, 2.05) is 0 Å². The summed E-state index contributed by atoms with van der Waals surface area (Å²) >= 11 is 0. The number of hydrogen-bond donors (Lipinski definition) is 4. The monoisotopic (exact) mass is 322 g/mol. The van der Waals surface area contributed by atoms with Gasteiger partial charge >= 0.3 is 12.0 Å². The predicted octanol–water partition coefficient (Wildman–Crippen LogP) is -0.523. The Morgan fingerprint density at radius 2 is 1.81 bits per heavy atom. The van der Waals surface area contributed by atoms with Gasteiger partial charge in [0.1, 0.15) is 15.9 Å².